The number of aromatic nitrogens is 2. The second-order valence-corrected chi connectivity index (χ2v) is 5.60. The van der Waals surface area contributed by atoms with Crippen molar-refractivity contribution in [2.75, 3.05) is 0 Å². The number of nitrogens with zero attached hydrogens (tertiary/aromatic N) is 2. The van der Waals surface area contributed by atoms with E-state index in [-0.39, 0.29) is 0 Å². The van der Waals surface area contributed by atoms with Crippen molar-refractivity contribution in [3.05, 3.63) is 23.8 Å². The van der Waals surface area contributed by atoms with Crippen molar-refractivity contribution < 1.29 is 0 Å². The summed E-state index contributed by atoms with van der Waals surface area (Å²) in [6.07, 6.45) is 10.8. The van der Waals surface area contributed by atoms with E-state index < -0.39 is 0 Å². The lowest BCUT2D eigenvalue weighted by Gasteiger charge is -2.31. The van der Waals surface area contributed by atoms with Crippen LogP contribution in [0, 0.1) is 0 Å². The van der Waals surface area contributed by atoms with E-state index in [2.05, 4.69) is 11.1 Å². The molecule has 2 aliphatic rings. The van der Waals surface area contributed by atoms with E-state index in [9.17, 15) is 0 Å². The first-order chi connectivity index (χ1) is 8.33. The molecule has 0 aromatic carbocycles. The van der Waals surface area contributed by atoms with Crippen molar-refractivity contribution in [2.45, 2.75) is 62.8 Å². The second-order valence-electron chi connectivity index (χ2n) is 5.60. The summed E-state index contributed by atoms with van der Waals surface area (Å²) < 4.78 is 0. The molecule has 1 aromatic rings. The van der Waals surface area contributed by atoms with Gasteiger partial charge in [-0.3, -0.25) is 0 Å². The molecule has 3 heteroatoms. The molecule has 0 bridgehead atoms. The Morgan fingerprint density at radius 1 is 1.06 bits per heavy atom. The SMILES string of the molecule is NC1CC(c2nccc(C3CCCCC3)n2)C1. The second kappa shape index (κ2) is 4.73. The zero-order chi connectivity index (χ0) is 11.7. The highest BCUT2D eigenvalue weighted by Gasteiger charge is 2.30. The van der Waals surface area contributed by atoms with E-state index in [4.69, 9.17) is 10.7 Å². The van der Waals surface area contributed by atoms with Crippen LogP contribution in [-0.2, 0) is 0 Å². The highest BCUT2D eigenvalue weighted by molar-refractivity contribution is 5.13. The quantitative estimate of drug-likeness (QED) is 0.851. The molecule has 2 aliphatic carbocycles. The van der Waals surface area contributed by atoms with E-state index in [1.54, 1.807) is 0 Å². The predicted octanol–water partition coefficient (Wildman–Crippen LogP) is 2.73. The van der Waals surface area contributed by atoms with E-state index >= 15 is 0 Å². The van der Waals surface area contributed by atoms with Crippen LogP contribution in [0.15, 0.2) is 12.3 Å². The van der Waals surface area contributed by atoms with Gasteiger partial charge in [-0.2, -0.15) is 0 Å². The Balaban J connectivity index is 1.74. The Bertz CT molecular complexity index is 379. The Morgan fingerprint density at radius 3 is 2.53 bits per heavy atom. The van der Waals surface area contributed by atoms with Crippen LogP contribution in [0.4, 0.5) is 0 Å². The minimum absolute atomic E-state index is 0.377. The predicted molar refractivity (Wildman–Crippen MR) is 67.8 cm³/mol. The maximum absolute atomic E-state index is 5.83. The maximum Gasteiger partial charge on any atom is 0.131 e. The smallest absolute Gasteiger partial charge is 0.131 e. The Hall–Kier alpha value is -0.960. The van der Waals surface area contributed by atoms with Crippen LogP contribution < -0.4 is 5.73 Å². The van der Waals surface area contributed by atoms with Gasteiger partial charge in [0.05, 0.1) is 0 Å². The molecule has 2 fully saturated rings. The molecule has 1 heterocycles. The zero-order valence-electron chi connectivity index (χ0n) is 10.3. The van der Waals surface area contributed by atoms with Gasteiger partial charge >= 0.3 is 0 Å². The number of hydrogen-bond acceptors (Lipinski definition) is 3. The summed E-state index contributed by atoms with van der Waals surface area (Å²) in [4.78, 5) is 9.21. The molecule has 0 unspecified atom stereocenters. The topological polar surface area (TPSA) is 51.8 Å². The van der Waals surface area contributed by atoms with Gasteiger partial charge in [-0.15, -0.1) is 0 Å². The Kier molecular flexibility index (Phi) is 3.10. The maximum atomic E-state index is 5.83. The summed E-state index contributed by atoms with van der Waals surface area (Å²) in [6, 6.07) is 2.49. The van der Waals surface area contributed by atoms with Crippen molar-refractivity contribution in [1.29, 1.82) is 0 Å². The van der Waals surface area contributed by atoms with Crippen LogP contribution in [0.25, 0.3) is 0 Å². The number of rotatable bonds is 2. The van der Waals surface area contributed by atoms with Gasteiger partial charge in [-0.1, -0.05) is 19.3 Å². The molecular weight excluding hydrogens is 210 g/mol. The molecule has 2 saturated carbocycles. The zero-order valence-corrected chi connectivity index (χ0v) is 10.3. The summed E-state index contributed by atoms with van der Waals surface area (Å²) in [6.45, 7) is 0. The molecule has 0 saturated heterocycles. The Labute approximate surface area is 103 Å². The molecule has 0 spiro atoms. The molecule has 0 aliphatic heterocycles. The van der Waals surface area contributed by atoms with E-state index in [0.29, 0.717) is 17.9 Å². The normalized spacial score (nSPS) is 29.9. The fourth-order valence-corrected chi connectivity index (χ4v) is 3.08. The minimum atomic E-state index is 0.377. The highest BCUT2D eigenvalue weighted by atomic mass is 14.9. The average molecular weight is 231 g/mol. The molecule has 3 rings (SSSR count). The molecule has 0 radical (unpaired) electrons. The van der Waals surface area contributed by atoms with Crippen LogP contribution in [0.2, 0.25) is 0 Å². The van der Waals surface area contributed by atoms with Gasteiger partial charge in [0.25, 0.3) is 0 Å². The van der Waals surface area contributed by atoms with Crippen molar-refractivity contribution in [3.8, 4) is 0 Å². The van der Waals surface area contributed by atoms with Crippen molar-refractivity contribution in [1.82, 2.24) is 9.97 Å². The van der Waals surface area contributed by atoms with Gasteiger partial charge in [0, 0.05) is 29.8 Å². The third-order valence-corrected chi connectivity index (χ3v) is 4.26. The van der Waals surface area contributed by atoms with Crippen LogP contribution in [-0.4, -0.2) is 16.0 Å². The van der Waals surface area contributed by atoms with Gasteiger partial charge in [0.15, 0.2) is 0 Å². The first-order valence-corrected chi connectivity index (χ1v) is 6.91. The van der Waals surface area contributed by atoms with Crippen LogP contribution >= 0.6 is 0 Å². The molecule has 1 aromatic heterocycles. The van der Waals surface area contributed by atoms with Gasteiger partial charge in [-0.05, 0) is 31.7 Å². The lowest BCUT2D eigenvalue weighted by atomic mass is 9.80. The third kappa shape index (κ3) is 2.34. The van der Waals surface area contributed by atoms with Gasteiger partial charge in [0.2, 0.25) is 0 Å². The van der Waals surface area contributed by atoms with Crippen molar-refractivity contribution >= 4 is 0 Å². The van der Waals surface area contributed by atoms with Crippen LogP contribution in [0.5, 0.6) is 0 Å². The summed E-state index contributed by atoms with van der Waals surface area (Å²) in [5, 5.41) is 0. The van der Waals surface area contributed by atoms with Gasteiger partial charge in [0.1, 0.15) is 5.82 Å². The Morgan fingerprint density at radius 2 is 1.82 bits per heavy atom. The monoisotopic (exact) mass is 231 g/mol. The minimum Gasteiger partial charge on any atom is -0.328 e. The van der Waals surface area contributed by atoms with Crippen molar-refractivity contribution in [2.24, 2.45) is 5.73 Å². The molecular formula is C14H21N3. The molecule has 3 nitrogen and oxygen atoms in total. The van der Waals surface area contributed by atoms with E-state index in [1.165, 1.54) is 37.8 Å². The first kappa shape index (κ1) is 11.1. The van der Waals surface area contributed by atoms with Crippen LogP contribution in [0.3, 0.4) is 0 Å². The molecule has 0 atom stereocenters. The lowest BCUT2D eigenvalue weighted by Crippen LogP contribution is -2.35. The van der Waals surface area contributed by atoms with Crippen molar-refractivity contribution in [3.63, 3.8) is 0 Å². The summed E-state index contributed by atoms with van der Waals surface area (Å²) in [5.74, 6) is 2.24. The fourth-order valence-electron chi connectivity index (χ4n) is 3.08. The standard InChI is InChI=1S/C14H21N3/c15-12-8-11(9-12)14-16-7-6-13(17-14)10-4-2-1-3-5-10/h6-7,10-12H,1-5,8-9,15H2. The molecule has 17 heavy (non-hydrogen) atoms. The summed E-state index contributed by atoms with van der Waals surface area (Å²) in [7, 11) is 0. The van der Waals surface area contributed by atoms with Gasteiger partial charge in [-0.25, -0.2) is 9.97 Å². The molecule has 2 N–H and O–H groups in total. The number of hydrogen-bond donors (Lipinski definition) is 1. The average Bonchev–Trinajstić information content (AvgIpc) is 2.36. The first-order valence-electron chi connectivity index (χ1n) is 6.91. The summed E-state index contributed by atoms with van der Waals surface area (Å²) in [5.41, 5.74) is 7.10. The van der Waals surface area contributed by atoms with Crippen LogP contribution in [0.1, 0.15) is 68.3 Å². The molecule has 0 amide bonds. The van der Waals surface area contributed by atoms with Gasteiger partial charge < -0.3 is 5.73 Å². The highest BCUT2D eigenvalue weighted by Crippen LogP contribution is 2.35. The fraction of sp³-hybridized carbons (Fsp3) is 0.714. The van der Waals surface area contributed by atoms with E-state index in [0.717, 1.165) is 18.7 Å². The number of nitrogens with two attached hydrogens (primary N) is 1. The molecule has 92 valence electrons. The third-order valence-electron chi connectivity index (χ3n) is 4.26. The summed E-state index contributed by atoms with van der Waals surface area (Å²) >= 11 is 0. The lowest BCUT2D eigenvalue weighted by molar-refractivity contribution is 0.335. The largest absolute Gasteiger partial charge is 0.328 e. The van der Waals surface area contributed by atoms with E-state index in [1.807, 2.05) is 6.20 Å².